The molecule has 6 nitrogen and oxygen atoms in total. The molecule has 144 valence electrons. The number of rotatable bonds is 4. The molecule has 0 spiro atoms. The normalized spacial score (nSPS) is 14.9. The molecule has 0 bridgehead atoms. The summed E-state index contributed by atoms with van der Waals surface area (Å²) in [5.41, 5.74) is 4.19. The Hall–Kier alpha value is -2.80. The maximum absolute atomic E-state index is 13.0. The number of sulfone groups is 1. The van der Waals surface area contributed by atoms with Crippen LogP contribution < -0.4 is 4.90 Å². The summed E-state index contributed by atoms with van der Waals surface area (Å²) in [4.78, 5) is 23.5. The molecule has 1 atom stereocenters. The lowest BCUT2D eigenvalue weighted by Gasteiger charge is -2.22. The summed E-state index contributed by atoms with van der Waals surface area (Å²) >= 11 is 0. The largest absolute Gasteiger partial charge is 0.311 e. The number of para-hydroxylation sites is 3. The first-order chi connectivity index (χ1) is 13.4. The molecule has 1 aliphatic rings. The Bertz CT molecular complexity index is 1170. The van der Waals surface area contributed by atoms with Crippen molar-refractivity contribution in [3.8, 4) is 0 Å². The standard InChI is InChI=1S/C21H21N3O3S/c1-14-19(23-18-9-5-4-8-17(18)22-14)13-28(26,27)15(2)21(25)24-12-11-16-7-3-6-10-20(16)24/h3-10,15H,11-13H2,1-2H3/t15-/m0/s1. The van der Waals surface area contributed by atoms with Gasteiger partial charge in [0.05, 0.1) is 28.2 Å². The predicted molar refractivity (Wildman–Crippen MR) is 109 cm³/mol. The number of fused-ring (bicyclic) bond motifs is 2. The third-order valence-corrected chi connectivity index (χ3v) is 7.18. The Morgan fingerprint density at radius 3 is 2.46 bits per heavy atom. The van der Waals surface area contributed by atoms with Gasteiger partial charge in [0.15, 0.2) is 9.84 Å². The minimum Gasteiger partial charge on any atom is -0.311 e. The molecule has 0 fully saturated rings. The summed E-state index contributed by atoms with van der Waals surface area (Å²) in [5, 5.41) is -1.15. The van der Waals surface area contributed by atoms with Gasteiger partial charge in [-0.25, -0.2) is 18.4 Å². The van der Waals surface area contributed by atoms with Crippen LogP contribution in [0.3, 0.4) is 0 Å². The second-order valence-electron chi connectivity index (χ2n) is 7.06. The van der Waals surface area contributed by atoms with E-state index in [9.17, 15) is 13.2 Å². The van der Waals surface area contributed by atoms with E-state index in [0.29, 0.717) is 23.4 Å². The lowest BCUT2D eigenvalue weighted by molar-refractivity contribution is -0.117. The van der Waals surface area contributed by atoms with E-state index in [2.05, 4.69) is 9.97 Å². The van der Waals surface area contributed by atoms with Crippen LogP contribution in [0.2, 0.25) is 0 Å². The molecule has 4 rings (SSSR count). The van der Waals surface area contributed by atoms with Crippen LogP contribution in [-0.2, 0) is 26.8 Å². The molecule has 3 aromatic rings. The van der Waals surface area contributed by atoms with Gasteiger partial charge in [-0.05, 0) is 44.0 Å². The molecule has 7 heteroatoms. The fourth-order valence-corrected chi connectivity index (χ4v) is 4.86. The SMILES string of the molecule is Cc1nc2ccccc2nc1CS(=O)(=O)[C@@H](C)C(=O)N1CCc2ccccc21. The lowest BCUT2D eigenvalue weighted by Crippen LogP contribution is -2.41. The van der Waals surface area contributed by atoms with Gasteiger partial charge >= 0.3 is 0 Å². The Morgan fingerprint density at radius 1 is 1.07 bits per heavy atom. The van der Waals surface area contributed by atoms with Crippen molar-refractivity contribution in [2.45, 2.75) is 31.3 Å². The van der Waals surface area contributed by atoms with Crippen LogP contribution in [-0.4, -0.2) is 36.1 Å². The number of aryl methyl sites for hydroxylation is 1. The number of amides is 1. The van der Waals surface area contributed by atoms with E-state index in [1.54, 1.807) is 17.9 Å². The highest BCUT2D eigenvalue weighted by Crippen LogP contribution is 2.29. The minimum absolute atomic E-state index is 0.306. The van der Waals surface area contributed by atoms with Gasteiger partial charge in [0.25, 0.3) is 0 Å². The second-order valence-corrected chi connectivity index (χ2v) is 9.38. The molecule has 1 aliphatic heterocycles. The molecular weight excluding hydrogens is 374 g/mol. The third-order valence-electron chi connectivity index (χ3n) is 5.22. The van der Waals surface area contributed by atoms with Gasteiger partial charge in [0, 0.05) is 12.2 Å². The Kier molecular flexibility index (Phi) is 4.63. The molecule has 2 heterocycles. The number of nitrogens with zero attached hydrogens (tertiary/aromatic N) is 3. The molecule has 1 aromatic heterocycles. The van der Waals surface area contributed by atoms with E-state index in [-0.39, 0.29) is 5.75 Å². The Morgan fingerprint density at radius 2 is 1.71 bits per heavy atom. The monoisotopic (exact) mass is 395 g/mol. The molecule has 0 saturated heterocycles. The van der Waals surface area contributed by atoms with E-state index in [0.717, 1.165) is 23.2 Å². The van der Waals surface area contributed by atoms with Crippen molar-refractivity contribution >= 4 is 32.5 Å². The average Bonchev–Trinajstić information content (AvgIpc) is 3.11. The fraction of sp³-hybridized carbons (Fsp3) is 0.286. The lowest BCUT2D eigenvalue weighted by atomic mass is 10.2. The van der Waals surface area contributed by atoms with E-state index in [1.807, 2.05) is 42.5 Å². The highest BCUT2D eigenvalue weighted by atomic mass is 32.2. The topological polar surface area (TPSA) is 80.2 Å². The zero-order chi connectivity index (χ0) is 19.9. The van der Waals surface area contributed by atoms with Crippen molar-refractivity contribution in [1.29, 1.82) is 0 Å². The zero-order valence-electron chi connectivity index (χ0n) is 15.8. The van der Waals surface area contributed by atoms with Gasteiger partial charge < -0.3 is 4.90 Å². The number of hydrogen-bond acceptors (Lipinski definition) is 5. The van der Waals surface area contributed by atoms with Crippen molar-refractivity contribution in [3.63, 3.8) is 0 Å². The number of anilines is 1. The molecule has 28 heavy (non-hydrogen) atoms. The Balaban J connectivity index is 1.60. The van der Waals surface area contributed by atoms with Crippen molar-refractivity contribution < 1.29 is 13.2 Å². The molecule has 2 aromatic carbocycles. The van der Waals surface area contributed by atoms with Gasteiger partial charge in [-0.1, -0.05) is 30.3 Å². The maximum Gasteiger partial charge on any atom is 0.245 e. The first-order valence-electron chi connectivity index (χ1n) is 9.20. The first kappa shape index (κ1) is 18.6. The fourth-order valence-electron chi connectivity index (χ4n) is 3.52. The molecular formula is C21H21N3O3S. The van der Waals surface area contributed by atoms with Crippen molar-refractivity contribution in [3.05, 3.63) is 65.5 Å². The van der Waals surface area contributed by atoms with E-state index >= 15 is 0 Å². The van der Waals surface area contributed by atoms with Crippen molar-refractivity contribution in [2.75, 3.05) is 11.4 Å². The van der Waals surface area contributed by atoms with Crippen LogP contribution in [0.15, 0.2) is 48.5 Å². The highest BCUT2D eigenvalue weighted by Gasteiger charge is 2.35. The van der Waals surface area contributed by atoms with Crippen LogP contribution in [0.1, 0.15) is 23.9 Å². The van der Waals surface area contributed by atoms with Crippen LogP contribution >= 0.6 is 0 Å². The van der Waals surface area contributed by atoms with Crippen LogP contribution in [0, 0.1) is 6.92 Å². The van der Waals surface area contributed by atoms with Gasteiger partial charge in [-0.15, -0.1) is 0 Å². The van der Waals surface area contributed by atoms with Gasteiger partial charge in [-0.2, -0.15) is 0 Å². The van der Waals surface area contributed by atoms with Crippen molar-refractivity contribution in [1.82, 2.24) is 9.97 Å². The van der Waals surface area contributed by atoms with Gasteiger partial charge in [0.2, 0.25) is 5.91 Å². The van der Waals surface area contributed by atoms with Crippen LogP contribution in [0.4, 0.5) is 5.69 Å². The van der Waals surface area contributed by atoms with E-state index < -0.39 is 21.0 Å². The number of aromatic nitrogens is 2. The van der Waals surface area contributed by atoms with E-state index in [1.165, 1.54) is 6.92 Å². The van der Waals surface area contributed by atoms with E-state index in [4.69, 9.17) is 0 Å². The number of benzene rings is 2. The predicted octanol–water partition coefficient (Wildman–Crippen LogP) is 2.83. The average molecular weight is 395 g/mol. The number of carbonyl (C=O) groups is 1. The number of hydrogen-bond donors (Lipinski definition) is 0. The third kappa shape index (κ3) is 3.26. The highest BCUT2D eigenvalue weighted by molar-refractivity contribution is 7.92. The summed E-state index contributed by atoms with van der Waals surface area (Å²) in [6.07, 6.45) is 0.740. The van der Waals surface area contributed by atoms with Crippen LogP contribution in [0.5, 0.6) is 0 Å². The summed E-state index contributed by atoms with van der Waals surface area (Å²) < 4.78 is 26.0. The molecule has 0 N–H and O–H groups in total. The summed E-state index contributed by atoms with van der Waals surface area (Å²) in [5.74, 6) is -0.699. The minimum atomic E-state index is -3.74. The smallest absolute Gasteiger partial charge is 0.245 e. The Labute approximate surface area is 164 Å². The quantitative estimate of drug-likeness (QED) is 0.679. The molecule has 0 aliphatic carbocycles. The molecule has 0 saturated carbocycles. The van der Waals surface area contributed by atoms with Gasteiger partial charge in [0.1, 0.15) is 5.25 Å². The summed E-state index contributed by atoms with van der Waals surface area (Å²) in [7, 11) is -3.74. The van der Waals surface area contributed by atoms with Crippen molar-refractivity contribution in [2.24, 2.45) is 0 Å². The van der Waals surface area contributed by atoms with Gasteiger partial charge in [-0.3, -0.25) is 4.79 Å². The molecule has 1 amide bonds. The number of carbonyl (C=O) groups excluding carboxylic acids is 1. The summed E-state index contributed by atoms with van der Waals surface area (Å²) in [6.45, 7) is 3.71. The zero-order valence-corrected chi connectivity index (χ0v) is 16.6. The maximum atomic E-state index is 13.0. The second kappa shape index (κ2) is 6.98. The molecule has 0 unspecified atom stereocenters. The first-order valence-corrected chi connectivity index (χ1v) is 10.9. The van der Waals surface area contributed by atoms with Crippen LogP contribution in [0.25, 0.3) is 11.0 Å². The molecule has 0 radical (unpaired) electrons. The summed E-state index contributed by atoms with van der Waals surface area (Å²) in [6, 6.07) is 14.9.